The summed E-state index contributed by atoms with van der Waals surface area (Å²) in [6.07, 6.45) is 2.95. The van der Waals surface area contributed by atoms with Crippen molar-refractivity contribution in [3.8, 4) is 0 Å². The fourth-order valence-electron chi connectivity index (χ4n) is 3.02. The van der Waals surface area contributed by atoms with E-state index in [1.807, 2.05) is 14.1 Å². The predicted octanol–water partition coefficient (Wildman–Crippen LogP) is 5.49. The van der Waals surface area contributed by atoms with Crippen LogP contribution in [0.4, 0.5) is 5.69 Å². The van der Waals surface area contributed by atoms with Crippen molar-refractivity contribution in [2.75, 3.05) is 14.1 Å². The molecule has 0 spiro atoms. The monoisotopic (exact) mass is 403 g/mol. The lowest BCUT2D eigenvalue weighted by Gasteiger charge is -2.24. The summed E-state index contributed by atoms with van der Waals surface area (Å²) in [6, 6.07) is 19.3. The Morgan fingerprint density at radius 1 is 1.04 bits per heavy atom. The van der Waals surface area contributed by atoms with E-state index in [9.17, 15) is 4.55 Å². The van der Waals surface area contributed by atoms with Crippen molar-refractivity contribution < 1.29 is 4.55 Å². The summed E-state index contributed by atoms with van der Waals surface area (Å²) in [5.41, 5.74) is 3.66. The Morgan fingerprint density at radius 2 is 1.63 bits per heavy atom. The highest BCUT2D eigenvalue weighted by Gasteiger charge is 2.20. The average Bonchev–Trinajstić information content (AvgIpc) is 2.68. The summed E-state index contributed by atoms with van der Waals surface area (Å²) >= 11 is 6.51. The molecule has 146 valence electrons. The number of hydrogen-bond acceptors (Lipinski definition) is 3. The summed E-state index contributed by atoms with van der Waals surface area (Å²) in [5.74, 6) is 0.283. The molecule has 2 atom stereocenters. The van der Waals surface area contributed by atoms with Crippen molar-refractivity contribution in [3.05, 3.63) is 65.7 Å². The van der Waals surface area contributed by atoms with Gasteiger partial charge in [-0.2, -0.15) is 0 Å². The van der Waals surface area contributed by atoms with Crippen LogP contribution in [0.15, 0.2) is 54.6 Å². The Morgan fingerprint density at radius 3 is 2.19 bits per heavy atom. The first kappa shape index (κ1) is 21.9. The lowest BCUT2D eigenvalue weighted by Crippen LogP contribution is -2.38. The van der Waals surface area contributed by atoms with Gasteiger partial charge in [0.25, 0.3) is 0 Å². The molecule has 0 heterocycles. The molecule has 2 N–H and O–H groups in total. The molecule has 0 saturated carbocycles. The number of nitrogens with zero attached hydrogens (tertiary/aromatic N) is 1. The zero-order valence-electron chi connectivity index (χ0n) is 16.7. The van der Waals surface area contributed by atoms with Crippen LogP contribution < -0.4 is 9.21 Å². The first-order valence-corrected chi connectivity index (χ1v) is 10.6. The molecule has 3 nitrogen and oxygen atoms in total. The molecule has 27 heavy (non-hydrogen) atoms. The van der Waals surface area contributed by atoms with E-state index < -0.39 is 0 Å². The number of quaternary nitrogens is 1. The van der Waals surface area contributed by atoms with E-state index in [0.717, 1.165) is 42.2 Å². The van der Waals surface area contributed by atoms with E-state index >= 15 is 0 Å². The lowest BCUT2D eigenvalue weighted by atomic mass is 9.99. The highest BCUT2D eigenvalue weighted by Crippen LogP contribution is 2.26. The number of rotatable bonds is 9. The zero-order chi connectivity index (χ0) is 19.9. The van der Waals surface area contributed by atoms with E-state index in [4.69, 9.17) is 12.2 Å². The molecule has 0 aromatic heterocycles. The Hall–Kier alpha value is -1.40. The minimum absolute atomic E-state index is 0.283. The summed E-state index contributed by atoms with van der Waals surface area (Å²) in [5, 5.41) is 3.57. The molecular formula is C22H31N2OS2+. The maximum absolute atomic E-state index is 9.41. The van der Waals surface area contributed by atoms with Gasteiger partial charge in [-0.25, -0.2) is 3.89 Å². The third-order valence-electron chi connectivity index (χ3n) is 4.92. The van der Waals surface area contributed by atoms with Gasteiger partial charge in [0.2, 0.25) is 12.2 Å². The van der Waals surface area contributed by atoms with Crippen LogP contribution in [0.5, 0.6) is 0 Å². The smallest absolute Gasteiger partial charge is 0.249 e. The Labute approximate surface area is 173 Å². The number of nitrogens with one attached hydrogen (secondary N) is 1. The molecule has 2 rings (SSSR count). The number of benzene rings is 2. The van der Waals surface area contributed by atoms with E-state index in [-0.39, 0.29) is 5.92 Å². The van der Waals surface area contributed by atoms with E-state index in [1.165, 1.54) is 11.1 Å². The van der Waals surface area contributed by atoms with E-state index in [2.05, 4.69) is 73.8 Å². The second kappa shape index (κ2) is 10.2. The van der Waals surface area contributed by atoms with E-state index in [1.54, 1.807) is 0 Å². The molecule has 1 unspecified atom stereocenters. The minimum atomic E-state index is 0.283. The van der Waals surface area contributed by atoms with Crippen LogP contribution in [0.25, 0.3) is 0 Å². The van der Waals surface area contributed by atoms with Crippen LogP contribution in [-0.2, 0) is 12.8 Å². The topological polar surface area (TPSA) is 32.3 Å². The second-order valence-electron chi connectivity index (χ2n) is 7.51. The highest BCUT2D eigenvalue weighted by atomic mass is 32.2. The fraction of sp³-hybridized carbons (Fsp3) is 0.409. The van der Waals surface area contributed by atoms with Crippen molar-refractivity contribution >= 4 is 35.1 Å². The molecule has 0 radical (unpaired) electrons. The molecular weight excluding hydrogens is 372 g/mol. The van der Waals surface area contributed by atoms with Gasteiger partial charge in [-0.15, -0.1) is 0 Å². The molecule has 0 saturated heterocycles. The van der Waals surface area contributed by atoms with Crippen LogP contribution in [0, 0.1) is 5.92 Å². The first-order chi connectivity index (χ1) is 12.9. The van der Waals surface area contributed by atoms with Crippen molar-refractivity contribution in [2.24, 2.45) is 5.92 Å². The summed E-state index contributed by atoms with van der Waals surface area (Å²) in [6.45, 7) is 4.38. The average molecular weight is 404 g/mol. The molecule has 5 heteroatoms. The van der Waals surface area contributed by atoms with Gasteiger partial charge in [-0.1, -0.05) is 68.5 Å². The second-order valence-corrected chi connectivity index (χ2v) is 9.02. The van der Waals surface area contributed by atoms with Gasteiger partial charge in [-0.05, 0) is 30.4 Å². The quantitative estimate of drug-likeness (QED) is 0.251. The Kier molecular flexibility index (Phi) is 8.29. The number of thiocarbonyl (C=S) groups is 1. The molecule has 0 amide bonds. The zero-order valence-corrected chi connectivity index (χ0v) is 18.3. The van der Waals surface area contributed by atoms with Gasteiger partial charge in [0.15, 0.2) is 0 Å². The fourth-order valence-corrected chi connectivity index (χ4v) is 3.49. The summed E-state index contributed by atoms with van der Waals surface area (Å²) in [4.78, 5) is 0.934. The summed E-state index contributed by atoms with van der Waals surface area (Å²) < 4.78 is 9.79. The van der Waals surface area contributed by atoms with Crippen molar-refractivity contribution in [3.63, 3.8) is 0 Å². The van der Waals surface area contributed by atoms with Crippen molar-refractivity contribution in [2.45, 2.75) is 39.2 Å². The summed E-state index contributed by atoms with van der Waals surface area (Å²) in [7, 11) is 3.91. The van der Waals surface area contributed by atoms with Gasteiger partial charge in [0, 0.05) is 24.1 Å². The predicted molar refractivity (Wildman–Crippen MR) is 123 cm³/mol. The van der Waals surface area contributed by atoms with Gasteiger partial charge in [-0.3, -0.25) is 4.55 Å². The van der Waals surface area contributed by atoms with Crippen LogP contribution in [0.2, 0.25) is 0 Å². The molecule has 0 fully saturated rings. The van der Waals surface area contributed by atoms with Crippen LogP contribution in [0.1, 0.15) is 31.4 Å². The van der Waals surface area contributed by atoms with E-state index in [0.29, 0.717) is 9.93 Å². The molecule has 2 aromatic carbocycles. The van der Waals surface area contributed by atoms with Crippen LogP contribution >= 0.6 is 24.4 Å². The molecule has 0 aliphatic rings. The maximum Gasteiger partial charge on any atom is 0.249 e. The SMILES string of the molecule is CCC(Cc1ccccc1)NC(=S)[C@@H](C)Cc1ccc([N+](C)(C)SO)cc1. The normalized spacial score (nSPS) is 13.8. The number of hydrogen-bond donors (Lipinski definition) is 2. The van der Waals surface area contributed by atoms with Gasteiger partial charge < -0.3 is 5.32 Å². The standard InChI is InChI=1S/C22H30N2OS2/c1-5-20(16-18-9-7-6-8-10-18)23-22(26)17(2)15-19-11-13-21(14-12-19)24(3,4)27-25/h6-14,17,20H,5,15-16H2,1-4H3,(H-,23,25,26)/p+1/t17-,20?/m0/s1. The molecule has 0 aliphatic carbocycles. The van der Waals surface area contributed by atoms with Gasteiger partial charge >= 0.3 is 0 Å². The van der Waals surface area contributed by atoms with Crippen LogP contribution in [0.3, 0.4) is 0 Å². The highest BCUT2D eigenvalue weighted by molar-refractivity contribution is 7.93. The largest absolute Gasteiger partial charge is 0.376 e. The maximum atomic E-state index is 9.41. The van der Waals surface area contributed by atoms with Gasteiger partial charge in [0.1, 0.15) is 5.69 Å². The molecule has 2 aromatic rings. The third-order valence-corrected chi connectivity index (χ3v) is 6.06. The first-order valence-electron chi connectivity index (χ1n) is 9.46. The molecule has 0 aliphatic heterocycles. The third kappa shape index (κ3) is 6.61. The van der Waals surface area contributed by atoms with Crippen LogP contribution in [-0.4, -0.2) is 29.7 Å². The molecule has 0 bridgehead atoms. The van der Waals surface area contributed by atoms with Crippen molar-refractivity contribution in [1.82, 2.24) is 9.21 Å². The van der Waals surface area contributed by atoms with Crippen molar-refractivity contribution in [1.29, 1.82) is 0 Å². The minimum Gasteiger partial charge on any atom is -0.376 e. The Bertz CT molecular complexity index is 717. The lowest BCUT2D eigenvalue weighted by molar-refractivity contribution is 0.565. The Balaban J connectivity index is 1.92. The van der Waals surface area contributed by atoms with Gasteiger partial charge in [0.05, 0.1) is 19.1 Å².